The molecule has 13 heteroatoms. The molecule has 0 bridgehead atoms. The van der Waals surface area contributed by atoms with E-state index in [0.29, 0.717) is 16.2 Å². The maximum atomic E-state index is 14.1. The highest BCUT2D eigenvalue weighted by Gasteiger charge is 2.61. The first-order valence-electron chi connectivity index (χ1n) is 14.6. The summed E-state index contributed by atoms with van der Waals surface area (Å²) in [5.41, 5.74) is 0.781. The van der Waals surface area contributed by atoms with Crippen molar-refractivity contribution in [3.63, 3.8) is 0 Å². The minimum atomic E-state index is -0.914. The van der Waals surface area contributed by atoms with Gasteiger partial charge in [-0.25, -0.2) is 19.6 Å². The van der Waals surface area contributed by atoms with Crippen LogP contribution in [0.1, 0.15) is 46.2 Å². The molecule has 6 atom stereocenters. The summed E-state index contributed by atoms with van der Waals surface area (Å²) in [5.74, 6) is -1.77. The normalized spacial score (nSPS) is 25.6. The Labute approximate surface area is 262 Å². The van der Waals surface area contributed by atoms with Crippen molar-refractivity contribution in [2.45, 2.75) is 70.5 Å². The van der Waals surface area contributed by atoms with Crippen molar-refractivity contribution in [1.82, 2.24) is 20.2 Å². The molecule has 0 spiro atoms. The zero-order valence-corrected chi connectivity index (χ0v) is 26.7. The lowest BCUT2D eigenvalue weighted by Gasteiger charge is -2.52. The Morgan fingerprint density at radius 3 is 2.32 bits per heavy atom. The molecule has 0 aromatic heterocycles. The Hall–Kier alpha value is -3.61. The smallest absolute Gasteiger partial charge is 0.429 e. The summed E-state index contributed by atoms with van der Waals surface area (Å²) in [6.45, 7) is 13.2. The highest BCUT2D eigenvalue weighted by atomic mass is 35.5. The lowest BCUT2D eigenvalue weighted by molar-refractivity contribution is -0.150. The third kappa shape index (κ3) is 6.57. The van der Waals surface area contributed by atoms with Gasteiger partial charge >= 0.3 is 18.2 Å². The lowest BCUT2D eigenvalue weighted by atomic mass is 9.80. The minimum Gasteiger partial charge on any atom is -0.469 e. The largest absolute Gasteiger partial charge is 0.469 e. The molecule has 4 rings (SSSR count). The second kappa shape index (κ2) is 13.6. The zero-order chi connectivity index (χ0) is 32.3. The molecular formula is C31H41ClN4O8. The molecular weight excluding hydrogens is 592 g/mol. The standard InChI is InChI=1S/C31H41ClN4O8/c1-8-21-22(28(38)41-7)25-26(44-21)23-19(15-16-35(29(39)42-9-2)36(23)30(40)43-10-3)17-34(25)24(27(37)33-31(4,5)6)18-11-13-20(32)14-12-18/h8,11-15,21-26H,1,9-10,16-17H2,2-7H3,(H,33,37)/t21-,22+,23-,24+,25-,26+/m0/s1. The molecule has 3 aliphatic rings. The number of fused-ring (bicyclic) bond motifs is 3. The number of rotatable bonds is 7. The van der Waals surface area contributed by atoms with Crippen LogP contribution >= 0.6 is 11.6 Å². The molecule has 0 radical (unpaired) electrons. The van der Waals surface area contributed by atoms with Gasteiger partial charge in [-0.15, -0.1) is 6.58 Å². The second-order valence-electron chi connectivity index (χ2n) is 11.8. The first-order chi connectivity index (χ1) is 20.9. The number of hydrogen-bond donors (Lipinski definition) is 1. The monoisotopic (exact) mass is 632 g/mol. The van der Waals surface area contributed by atoms with Crippen molar-refractivity contribution < 1.29 is 38.1 Å². The number of carbonyl (C=O) groups excluding carboxylic acids is 4. The molecule has 2 saturated heterocycles. The Bertz CT molecular complexity index is 1300. The third-order valence-electron chi connectivity index (χ3n) is 7.76. The Morgan fingerprint density at radius 1 is 1.11 bits per heavy atom. The van der Waals surface area contributed by atoms with E-state index in [9.17, 15) is 19.2 Å². The quantitative estimate of drug-likeness (QED) is 0.271. The number of nitrogens with zero attached hydrogens (tertiary/aromatic N) is 3. The van der Waals surface area contributed by atoms with Crippen molar-refractivity contribution in [2.24, 2.45) is 5.92 Å². The lowest BCUT2D eigenvalue weighted by Crippen LogP contribution is -2.69. The number of nitrogens with one attached hydrogen (secondary N) is 1. The number of likely N-dealkylation sites (tertiary alicyclic amines) is 1. The van der Waals surface area contributed by atoms with Gasteiger partial charge in [-0.1, -0.05) is 35.9 Å². The van der Waals surface area contributed by atoms with Crippen LogP contribution in [0.2, 0.25) is 5.02 Å². The number of hydrogen-bond acceptors (Lipinski definition) is 9. The molecule has 3 heterocycles. The van der Waals surface area contributed by atoms with Gasteiger partial charge in [-0.3, -0.25) is 14.5 Å². The van der Waals surface area contributed by atoms with E-state index < -0.39 is 59.9 Å². The molecule has 3 aliphatic heterocycles. The fourth-order valence-corrected chi connectivity index (χ4v) is 6.29. The topological polar surface area (TPSA) is 127 Å². The van der Waals surface area contributed by atoms with Crippen molar-refractivity contribution in [1.29, 1.82) is 0 Å². The summed E-state index contributed by atoms with van der Waals surface area (Å²) < 4.78 is 22.4. The van der Waals surface area contributed by atoms with E-state index in [0.717, 1.165) is 0 Å². The summed E-state index contributed by atoms with van der Waals surface area (Å²) in [7, 11) is 1.28. The average molecular weight is 633 g/mol. The Morgan fingerprint density at radius 2 is 1.75 bits per heavy atom. The van der Waals surface area contributed by atoms with Crippen LogP contribution < -0.4 is 5.32 Å². The Balaban J connectivity index is 1.92. The third-order valence-corrected chi connectivity index (χ3v) is 8.02. The summed E-state index contributed by atoms with van der Waals surface area (Å²) in [6, 6.07) is 4.40. The fraction of sp³-hybridized carbons (Fsp3) is 0.548. The number of halogens is 1. The number of piperidine rings is 1. The average Bonchev–Trinajstić information content (AvgIpc) is 3.36. The maximum absolute atomic E-state index is 14.1. The minimum absolute atomic E-state index is 0.0137. The van der Waals surface area contributed by atoms with E-state index in [1.165, 1.54) is 23.2 Å². The van der Waals surface area contributed by atoms with Crippen molar-refractivity contribution in [3.8, 4) is 0 Å². The van der Waals surface area contributed by atoms with E-state index in [1.54, 1.807) is 38.1 Å². The molecule has 0 aliphatic carbocycles. The van der Waals surface area contributed by atoms with E-state index in [1.807, 2.05) is 31.7 Å². The first kappa shape index (κ1) is 33.3. The molecule has 1 aromatic rings. The second-order valence-corrected chi connectivity index (χ2v) is 12.2. The predicted octanol–water partition coefficient (Wildman–Crippen LogP) is 3.86. The molecule has 44 heavy (non-hydrogen) atoms. The van der Waals surface area contributed by atoms with E-state index in [4.69, 9.17) is 30.5 Å². The highest BCUT2D eigenvalue weighted by molar-refractivity contribution is 6.30. The number of methoxy groups -OCH3 is 1. The van der Waals surface area contributed by atoms with Crippen LogP contribution in [0.15, 0.2) is 48.6 Å². The number of carbonyl (C=O) groups is 4. The van der Waals surface area contributed by atoms with Crippen LogP contribution in [0.3, 0.4) is 0 Å². The Kier molecular flexibility index (Phi) is 10.3. The van der Waals surface area contributed by atoms with Gasteiger partial charge in [0.2, 0.25) is 5.91 Å². The number of benzene rings is 1. The molecule has 0 unspecified atom stereocenters. The first-order valence-corrected chi connectivity index (χ1v) is 15.0. The predicted molar refractivity (Wildman–Crippen MR) is 161 cm³/mol. The number of esters is 1. The van der Waals surface area contributed by atoms with E-state index >= 15 is 0 Å². The van der Waals surface area contributed by atoms with Crippen LogP contribution in [0, 0.1) is 5.92 Å². The van der Waals surface area contributed by atoms with Gasteiger partial charge in [-0.2, -0.15) is 0 Å². The number of ether oxygens (including phenoxy) is 4. The zero-order valence-electron chi connectivity index (χ0n) is 25.9. The fourth-order valence-electron chi connectivity index (χ4n) is 6.16. The van der Waals surface area contributed by atoms with Gasteiger partial charge in [0.1, 0.15) is 24.1 Å². The molecule has 3 amide bonds. The van der Waals surface area contributed by atoms with Gasteiger partial charge in [0.05, 0.1) is 39.0 Å². The molecule has 1 N–H and O–H groups in total. The van der Waals surface area contributed by atoms with Crippen molar-refractivity contribution in [2.75, 3.05) is 33.4 Å². The van der Waals surface area contributed by atoms with Crippen molar-refractivity contribution in [3.05, 3.63) is 59.2 Å². The maximum Gasteiger partial charge on any atom is 0.429 e. The van der Waals surface area contributed by atoms with Crippen LogP contribution in [0.5, 0.6) is 0 Å². The summed E-state index contributed by atoms with van der Waals surface area (Å²) >= 11 is 6.22. The van der Waals surface area contributed by atoms with Gasteiger partial charge in [0, 0.05) is 17.1 Å². The summed E-state index contributed by atoms with van der Waals surface area (Å²) in [4.78, 5) is 56.0. The number of hydrazine groups is 1. The number of amides is 3. The molecule has 240 valence electrons. The van der Waals surface area contributed by atoms with Crippen LogP contribution in [-0.2, 0) is 28.5 Å². The summed E-state index contributed by atoms with van der Waals surface area (Å²) in [6.07, 6.45) is 0.0939. The van der Waals surface area contributed by atoms with Gasteiger partial charge < -0.3 is 24.3 Å². The van der Waals surface area contributed by atoms with Gasteiger partial charge in [0.15, 0.2) is 0 Å². The van der Waals surface area contributed by atoms with Crippen LogP contribution in [-0.4, -0.2) is 102 Å². The summed E-state index contributed by atoms with van der Waals surface area (Å²) in [5, 5.41) is 5.96. The molecule has 0 saturated carbocycles. The van der Waals surface area contributed by atoms with E-state index in [2.05, 4.69) is 11.9 Å². The van der Waals surface area contributed by atoms with Crippen molar-refractivity contribution >= 4 is 35.7 Å². The molecule has 12 nitrogen and oxygen atoms in total. The van der Waals surface area contributed by atoms with Gasteiger partial charge in [-0.05, 0) is 57.9 Å². The SMILES string of the molecule is C=C[C@@H]1O[C@H]2[C@H]([C@@H]1C(=O)OC)N([C@@H](C(=O)NC(C)(C)C)c1ccc(Cl)cc1)CC1=CCN(C(=O)OCC)N(C(=O)OCC)[C@@H]12. The highest BCUT2D eigenvalue weighted by Crippen LogP contribution is 2.46. The van der Waals surface area contributed by atoms with Crippen LogP contribution in [0.25, 0.3) is 0 Å². The van der Waals surface area contributed by atoms with E-state index in [-0.39, 0.29) is 32.2 Å². The molecule has 2 fully saturated rings. The van der Waals surface area contributed by atoms with Crippen LogP contribution in [0.4, 0.5) is 9.59 Å². The molecule has 1 aromatic carbocycles. The van der Waals surface area contributed by atoms with Gasteiger partial charge in [0.25, 0.3) is 0 Å².